The maximum Gasteiger partial charge on any atom is 0.0626 e. The molecule has 0 saturated carbocycles. The van der Waals surface area contributed by atoms with Gasteiger partial charge < -0.3 is 4.74 Å². The Morgan fingerprint density at radius 3 is 2.33 bits per heavy atom. The van der Waals surface area contributed by atoms with Crippen molar-refractivity contribution in [2.24, 2.45) is 5.41 Å². The Morgan fingerprint density at radius 1 is 1.33 bits per heavy atom. The summed E-state index contributed by atoms with van der Waals surface area (Å²) in [5.41, 5.74) is 0.434. The molecule has 0 aromatic heterocycles. The molecule has 0 radical (unpaired) electrons. The third-order valence-corrected chi connectivity index (χ3v) is 2.14. The number of alkyl halides is 1. The van der Waals surface area contributed by atoms with Crippen LogP contribution in [0.1, 0.15) is 40.0 Å². The van der Waals surface area contributed by atoms with Crippen LogP contribution in [-0.2, 0) is 4.74 Å². The van der Waals surface area contributed by atoms with E-state index in [1.54, 1.807) is 7.11 Å². The summed E-state index contributed by atoms with van der Waals surface area (Å²) in [5.74, 6) is 0. The van der Waals surface area contributed by atoms with Gasteiger partial charge in [-0.25, -0.2) is 0 Å². The summed E-state index contributed by atoms with van der Waals surface area (Å²) in [6, 6.07) is 0. The van der Waals surface area contributed by atoms with Crippen molar-refractivity contribution in [3.8, 4) is 0 Å². The molecule has 0 rings (SSSR count). The van der Waals surface area contributed by atoms with Crippen LogP contribution in [0.3, 0.4) is 0 Å². The van der Waals surface area contributed by atoms with E-state index in [0.29, 0.717) is 12.0 Å². The normalized spacial score (nSPS) is 14.8. The van der Waals surface area contributed by atoms with Gasteiger partial charge >= 0.3 is 0 Å². The molecule has 0 aliphatic rings. The monoisotopic (exact) mass is 192 g/mol. The van der Waals surface area contributed by atoms with Crippen molar-refractivity contribution in [2.45, 2.75) is 45.4 Å². The van der Waals surface area contributed by atoms with Crippen LogP contribution in [0.25, 0.3) is 0 Å². The number of methoxy groups -OCH3 is 1. The lowest BCUT2D eigenvalue weighted by Gasteiger charge is -2.18. The molecule has 0 aliphatic heterocycles. The first-order valence-corrected chi connectivity index (χ1v) is 5.02. The topological polar surface area (TPSA) is 9.23 Å². The molecule has 0 aromatic carbocycles. The molecule has 0 saturated heterocycles. The van der Waals surface area contributed by atoms with Crippen LogP contribution in [0.15, 0.2) is 0 Å². The molecule has 0 aliphatic carbocycles. The van der Waals surface area contributed by atoms with Crippen LogP contribution in [0.5, 0.6) is 0 Å². The fourth-order valence-electron chi connectivity index (χ4n) is 1.12. The molecule has 0 bridgehead atoms. The second kappa shape index (κ2) is 5.82. The lowest BCUT2D eigenvalue weighted by atomic mass is 9.89. The fraction of sp³-hybridized carbons (Fsp3) is 1.00. The number of hydrogen-bond donors (Lipinski definition) is 0. The third-order valence-electron chi connectivity index (χ3n) is 1.79. The summed E-state index contributed by atoms with van der Waals surface area (Å²) >= 11 is 5.98. The Kier molecular flexibility index (Phi) is 5.94. The Hall–Kier alpha value is 0.250. The molecule has 1 unspecified atom stereocenters. The molecular formula is C10H21ClO. The molecule has 12 heavy (non-hydrogen) atoms. The van der Waals surface area contributed by atoms with Gasteiger partial charge in [-0.1, -0.05) is 27.2 Å². The standard InChI is InChI=1S/C10H21ClO/c1-10(2,3)7-5-6-9(11)8-12-4/h9H,5-8H2,1-4H3. The van der Waals surface area contributed by atoms with Gasteiger partial charge in [0.2, 0.25) is 0 Å². The zero-order chi connectivity index (χ0) is 9.61. The van der Waals surface area contributed by atoms with Crippen LogP contribution >= 0.6 is 11.6 Å². The molecule has 0 heterocycles. The number of halogens is 1. The minimum Gasteiger partial charge on any atom is -0.383 e. The van der Waals surface area contributed by atoms with Gasteiger partial charge in [0, 0.05) is 7.11 Å². The van der Waals surface area contributed by atoms with Crippen molar-refractivity contribution in [1.82, 2.24) is 0 Å². The van der Waals surface area contributed by atoms with E-state index < -0.39 is 0 Å². The van der Waals surface area contributed by atoms with Crippen LogP contribution in [-0.4, -0.2) is 19.1 Å². The van der Waals surface area contributed by atoms with E-state index in [1.807, 2.05) is 0 Å². The maximum atomic E-state index is 5.98. The number of ether oxygens (including phenoxy) is 1. The first-order chi connectivity index (χ1) is 5.45. The Bertz CT molecular complexity index is 107. The highest BCUT2D eigenvalue weighted by Crippen LogP contribution is 2.22. The van der Waals surface area contributed by atoms with Crippen LogP contribution in [0.2, 0.25) is 0 Å². The maximum absolute atomic E-state index is 5.98. The second-order valence-electron chi connectivity index (χ2n) is 4.51. The number of rotatable bonds is 5. The van der Waals surface area contributed by atoms with Gasteiger partial charge in [0.25, 0.3) is 0 Å². The van der Waals surface area contributed by atoms with E-state index in [4.69, 9.17) is 16.3 Å². The van der Waals surface area contributed by atoms with E-state index in [0.717, 1.165) is 6.42 Å². The van der Waals surface area contributed by atoms with E-state index in [9.17, 15) is 0 Å². The first kappa shape index (κ1) is 12.2. The third kappa shape index (κ3) is 8.35. The lowest BCUT2D eigenvalue weighted by molar-refractivity contribution is 0.193. The largest absolute Gasteiger partial charge is 0.383 e. The van der Waals surface area contributed by atoms with E-state index in [2.05, 4.69) is 20.8 Å². The van der Waals surface area contributed by atoms with Crippen LogP contribution in [0, 0.1) is 5.41 Å². The molecule has 0 aromatic rings. The smallest absolute Gasteiger partial charge is 0.0626 e. The van der Waals surface area contributed by atoms with Gasteiger partial charge in [0.15, 0.2) is 0 Å². The Balaban J connectivity index is 3.31. The zero-order valence-electron chi connectivity index (χ0n) is 8.69. The Morgan fingerprint density at radius 2 is 1.92 bits per heavy atom. The van der Waals surface area contributed by atoms with Crippen molar-refractivity contribution in [2.75, 3.05) is 13.7 Å². The van der Waals surface area contributed by atoms with E-state index >= 15 is 0 Å². The highest BCUT2D eigenvalue weighted by atomic mass is 35.5. The van der Waals surface area contributed by atoms with E-state index in [1.165, 1.54) is 12.8 Å². The van der Waals surface area contributed by atoms with Gasteiger partial charge in [-0.05, 0) is 18.3 Å². The van der Waals surface area contributed by atoms with Crippen molar-refractivity contribution >= 4 is 11.6 Å². The van der Waals surface area contributed by atoms with Gasteiger partial charge in [0.1, 0.15) is 0 Å². The fourth-order valence-corrected chi connectivity index (χ4v) is 1.40. The lowest BCUT2D eigenvalue weighted by Crippen LogP contribution is -2.10. The number of hydrogen-bond acceptors (Lipinski definition) is 1. The first-order valence-electron chi connectivity index (χ1n) is 4.59. The average molecular weight is 193 g/mol. The summed E-state index contributed by atoms with van der Waals surface area (Å²) in [4.78, 5) is 0. The average Bonchev–Trinajstić information content (AvgIpc) is 1.84. The molecule has 0 N–H and O–H groups in total. The van der Waals surface area contributed by atoms with Crippen molar-refractivity contribution < 1.29 is 4.74 Å². The van der Waals surface area contributed by atoms with Gasteiger partial charge in [-0.3, -0.25) is 0 Å². The van der Waals surface area contributed by atoms with Gasteiger partial charge in [-0.15, -0.1) is 11.6 Å². The van der Waals surface area contributed by atoms with Crippen molar-refractivity contribution in [3.05, 3.63) is 0 Å². The highest BCUT2D eigenvalue weighted by Gasteiger charge is 2.11. The second-order valence-corrected chi connectivity index (χ2v) is 5.12. The van der Waals surface area contributed by atoms with Crippen LogP contribution < -0.4 is 0 Å². The molecular weight excluding hydrogens is 172 g/mol. The van der Waals surface area contributed by atoms with Gasteiger partial charge in [0.05, 0.1) is 12.0 Å². The molecule has 1 atom stereocenters. The summed E-state index contributed by atoms with van der Waals surface area (Å²) < 4.78 is 4.95. The molecule has 0 fully saturated rings. The molecule has 1 nitrogen and oxygen atoms in total. The minimum atomic E-state index is 0.192. The predicted octanol–water partition coefficient (Wildman–Crippen LogP) is 3.46. The summed E-state index contributed by atoms with van der Waals surface area (Å²) in [5, 5.41) is 0.192. The SMILES string of the molecule is COCC(Cl)CCCC(C)(C)C. The quantitative estimate of drug-likeness (QED) is 0.607. The predicted molar refractivity (Wildman–Crippen MR) is 54.8 cm³/mol. The molecule has 2 heteroatoms. The van der Waals surface area contributed by atoms with E-state index in [-0.39, 0.29) is 5.38 Å². The zero-order valence-corrected chi connectivity index (χ0v) is 9.45. The summed E-state index contributed by atoms with van der Waals surface area (Å²) in [6.07, 6.45) is 3.49. The van der Waals surface area contributed by atoms with Crippen molar-refractivity contribution in [1.29, 1.82) is 0 Å². The molecule has 74 valence electrons. The van der Waals surface area contributed by atoms with Gasteiger partial charge in [-0.2, -0.15) is 0 Å². The summed E-state index contributed by atoms with van der Waals surface area (Å²) in [7, 11) is 1.69. The minimum absolute atomic E-state index is 0.192. The van der Waals surface area contributed by atoms with Crippen molar-refractivity contribution in [3.63, 3.8) is 0 Å². The van der Waals surface area contributed by atoms with Crippen LogP contribution in [0.4, 0.5) is 0 Å². The molecule has 0 spiro atoms. The Labute approximate surface area is 81.4 Å². The molecule has 0 amide bonds. The summed E-state index contributed by atoms with van der Waals surface area (Å²) in [6.45, 7) is 7.44. The highest BCUT2D eigenvalue weighted by molar-refractivity contribution is 6.20.